The molecule has 0 saturated heterocycles. The van der Waals surface area contributed by atoms with E-state index in [1.165, 1.54) is 11.1 Å². The summed E-state index contributed by atoms with van der Waals surface area (Å²) in [6, 6.07) is 13.8. The molecule has 2 aromatic carbocycles. The second kappa shape index (κ2) is 5.84. The van der Waals surface area contributed by atoms with E-state index in [0.717, 1.165) is 18.4 Å². The van der Waals surface area contributed by atoms with E-state index in [-0.39, 0.29) is 17.7 Å². The zero-order valence-electron chi connectivity index (χ0n) is 13.0. The first-order valence-electron chi connectivity index (χ1n) is 7.80. The van der Waals surface area contributed by atoms with Gasteiger partial charge in [0.2, 0.25) is 0 Å². The molecule has 0 radical (unpaired) electrons. The van der Waals surface area contributed by atoms with Crippen molar-refractivity contribution in [3.63, 3.8) is 0 Å². The van der Waals surface area contributed by atoms with E-state index < -0.39 is 0 Å². The number of hydrogen-bond acceptors (Lipinski definition) is 2. The van der Waals surface area contributed by atoms with E-state index in [2.05, 4.69) is 25.1 Å². The minimum Gasteiger partial charge on any atom is -0.507 e. The average Bonchev–Trinajstić information content (AvgIpc) is 2.55. The highest BCUT2D eigenvalue weighted by atomic mass is 16.3. The Morgan fingerprint density at radius 1 is 1.23 bits per heavy atom. The largest absolute Gasteiger partial charge is 0.507 e. The zero-order valence-corrected chi connectivity index (χ0v) is 13.0. The summed E-state index contributed by atoms with van der Waals surface area (Å²) in [5.74, 6) is 0.0174. The third-order valence-corrected chi connectivity index (χ3v) is 4.53. The number of carbonyl (C=O) groups is 1. The van der Waals surface area contributed by atoms with Crippen molar-refractivity contribution >= 4 is 5.91 Å². The summed E-state index contributed by atoms with van der Waals surface area (Å²) in [4.78, 5) is 14.8. The molecule has 0 saturated carbocycles. The SMILES string of the molecule is CCC1c2ccccc2CCN1C(=O)c1cccc(C)c1O. The van der Waals surface area contributed by atoms with E-state index in [9.17, 15) is 9.90 Å². The van der Waals surface area contributed by atoms with Gasteiger partial charge in [-0.25, -0.2) is 0 Å². The highest BCUT2D eigenvalue weighted by molar-refractivity contribution is 5.97. The third-order valence-electron chi connectivity index (χ3n) is 4.53. The lowest BCUT2D eigenvalue weighted by Gasteiger charge is -2.37. The molecule has 1 aliphatic heterocycles. The molecule has 0 spiro atoms. The molecular weight excluding hydrogens is 274 g/mol. The normalized spacial score (nSPS) is 17.2. The Bertz CT molecular complexity index is 708. The number of nitrogens with zero attached hydrogens (tertiary/aromatic N) is 1. The van der Waals surface area contributed by atoms with Crippen molar-refractivity contribution in [2.75, 3.05) is 6.54 Å². The molecule has 2 aromatic rings. The van der Waals surface area contributed by atoms with Gasteiger partial charge in [-0.3, -0.25) is 4.79 Å². The minimum atomic E-state index is -0.0810. The summed E-state index contributed by atoms with van der Waals surface area (Å²) in [7, 11) is 0. The average molecular weight is 295 g/mol. The summed E-state index contributed by atoms with van der Waals surface area (Å²) >= 11 is 0. The molecule has 3 rings (SSSR count). The first kappa shape index (κ1) is 14.6. The van der Waals surface area contributed by atoms with Gasteiger partial charge in [0.1, 0.15) is 5.75 Å². The van der Waals surface area contributed by atoms with Crippen molar-refractivity contribution in [1.82, 2.24) is 4.90 Å². The van der Waals surface area contributed by atoms with Gasteiger partial charge in [-0.2, -0.15) is 0 Å². The summed E-state index contributed by atoms with van der Waals surface area (Å²) in [5, 5.41) is 10.2. The fourth-order valence-electron chi connectivity index (χ4n) is 3.32. The van der Waals surface area contributed by atoms with Gasteiger partial charge in [0, 0.05) is 6.54 Å². The van der Waals surface area contributed by atoms with Crippen molar-refractivity contribution in [1.29, 1.82) is 0 Å². The number of amides is 1. The number of fused-ring (bicyclic) bond motifs is 1. The van der Waals surface area contributed by atoms with Crippen molar-refractivity contribution in [2.45, 2.75) is 32.7 Å². The number of benzene rings is 2. The topological polar surface area (TPSA) is 40.5 Å². The molecule has 1 heterocycles. The van der Waals surface area contributed by atoms with E-state index in [4.69, 9.17) is 0 Å². The Labute approximate surface area is 131 Å². The molecule has 22 heavy (non-hydrogen) atoms. The van der Waals surface area contributed by atoms with Crippen LogP contribution in [0.3, 0.4) is 0 Å². The van der Waals surface area contributed by atoms with Crippen molar-refractivity contribution < 1.29 is 9.90 Å². The Kier molecular flexibility index (Phi) is 3.88. The van der Waals surface area contributed by atoms with Crippen molar-refractivity contribution in [3.8, 4) is 5.75 Å². The van der Waals surface area contributed by atoms with Crippen LogP contribution in [0.25, 0.3) is 0 Å². The summed E-state index contributed by atoms with van der Waals surface area (Å²) < 4.78 is 0. The number of phenols is 1. The maximum Gasteiger partial charge on any atom is 0.258 e. The van der Waals surface area contributed by atoms with Crippen LogP contribution >= 0.6 is 0 Å². The van der Waals surface area contributed by atoms with Gasteiger partial charge in [-0.05, 0) is 42.5 Å². The first-order chi connectivity index (χ1) is 10.6. The van der Waals surface area contributed by atoms with E-state index in [1.807, 2.05) is 30.0 Å². The van der Waals surface area contributed by atoms with Gasteiger partial charge in [-0.1, -0.05) is 43.3 Å². The molecule has 114 valence electrons. The fraction of sp³-hybridized carbons (Fsp3) is 0.316. The molecule has 1 atom stereocenters. The molecule has 0 aromatic heterocycles. The summed E-state index contributed by atoms with van der Waals surface area (Å²) in [6.07, 6.45) is 1.74. The van der Waals surface area contributed by atoms with Crippen molar-refractivity contribution in [3.05, 3.63) is 64.7 Å². The molecule has 0 aliphatic carbocycles. The van der Waals surface area contributed by atoms with Gasteiger partial charge in [-0.15, -0.1) is 0 Å². The van der Waals surface area contributed by atoms with Crippen LogP contribution in [0.4, 0.5) is 0 Å². The zero-order chi connectivity index (χ0) is 15.7. The fourth-order valence-corrected chi connectivity index (χ4v) is 3.32. The van der Waals surface area contributed by atoms with E-state index in [0.29, 0.717) is 12.1 Å². The van der Waals surface area contributed by atoms with Crippen LogP contribution in [0.5, 0.6) is 5.75 Å². The summed E-state index contributed by atoms with van der Waals surface area (Å²) in [5.41, 5.74) is 3.69. The summed E-state index contributed by atoms with van der Waals surface area (Å²) in [6.45, 7) is 4.61. The number of hydrogen-bond donors (Lipinski definition) is 1. The maximum absolute atomic E-state index is 12.9. The van der Waals surface area contributed by atoms with Crippen LogP contribution in [-0.2, 0) is 6.42 Å². The lowest BCUT2D eigenvalue weighted by atomic mass is 9.90. The lowest BCUT2D eigenvalue weighted by molar-refractivity contribution is 0.0652. The first-order valence-corrected chi connectivity index (χ1v) is 7.80. The van der Waals surface area contributed by atoms with Gasteiger partial charge in [0.05, 0.1) is 11.6 Å². The molecular formula is C19H21NO2. The number of aromatic hydroxyl groups is 1. The molecule has 1 unspecified atom stereocenters. The quantitative estimate of drug-likeness (QED) is 0.914. The highest BCUT2D eigenvalue weighted by Crippen LogP contribution is 2.34. The van der Waals surface area contributed by atoms with Crippen LogP contribution in [0.15, 0.2) is 42.5 Å². The Morgan fingerprint density at radius 2 is 2.00 bits per heavy atom. The van der Waals surface area contributed by atoms with E-state index >= 15 is 0 Å². The van der Waals surface area contributed by atoms with Crippen LogP contribution in [-0.4, -0.2) is 22.5 Å². The predicted molar refractivity (Wildman–Crippen MR) is 87.1 cm³/mol. The smallest absolute Gasteiger partial charge is 0.258 e. The van der Waals surface area contributed by atoms with Gasteiger partial charge >= 0.3 is 0 Å². The molecule has 1 aliphatic rings. The van der Waals surface area contributed by atoms with Crippen LogP contribution < -0.4 is 0 Å². The maximum atomic E-state index is 12.9. The molecule has 1 amide bonds. The number of carbonyl (C=O) groups excluding carboxylic acids is 1. The minimum absolute atomic E-state index is 0.0809. The number of phenolic OH excluding ortho intramolecular Hbond substituents is 1. The van der Waals surface area contributed by atoms with Crippen LogP contribution in [0.1, 0.15) is 46.4 Å². The number of aryl methyl sites for hydroxylation is 1. The Morgan fingerprint density at radius 3 is 2.77 bits per heavy atom. The number of rotatable bonds is 2. The molecule has 1 N–H and O–H groups in total. The van der Waals surface area contributed by atoms with Crippen molar-refractivity contribution in [2.24, 2.45) is 0 Å². The molecule has 0 bridgehead atoms. The van der Waals surface area contributed by atoms with Crippen LogP contribution in [0, 0.1) is 6.92 Å². The van der Waals surface area contributed by atoms with Gasteiger partial charge in [0.15, 0.2) is 0 Å². The second-order valence-electron chi connectivity index (χ2n) is 5.84. The molecule has 0 fully saturated rings. The van der Waals surface area contributed by atoms with Gasteiger partial charge in [0.25, 0.3) is 5.91 Å². The second-order valence-corrected chi connectivity index (χ2v) is 5.84. The highest BCUT2D eigenvalue weighted by Gasteiger charge is 2.31. The van der Waals surface area contributed by atoms with Gasteiger partial charge < -0.3 is 10.0 Å². The monoisotopic (exact) mass is 295 g/mol. The standard InChI is InChI=1S/C19H21NO2/c1-3-17-15-9-5-4-8-14(15)11-12-20(17)19(22)16-10-6-7-13(2)18(16)21/h4-10,17,21H,3,11-12H2,1-2H3. The Balaban J connectivity index is 1.98. The lowest BCUT2D eigenvalue weighted by Crippen LogP contribution is -2.39. The molecule has 3 nitrogen and oxygen atoms in total. The Hall–Kier alpha value is -2.29. The molecule has 3 heteroatoms. The third kappa shape index (κ3) is 2.37. The van der Waals surface area contributed by atoms with E-state index in [1.54, 1.807) is 6.07 Å². The predicted octanol–water partition coefficient (Wildman–Crippen LogP) is 3.85. The van der Waals surface area contributed by atoms with Crippen LogP contribution in [0.2, 0.25) is 0 Å². The number of para-hydroxylation sites is 1.